The molecule has 0 bridgehead atoms. The summed E-state index contributed by atoms with van der Waals surface area (Å²) in [7, 11) is 1.60. The van der Waals surface area contributed by atoms with Crippen LogP contribution in [0.1, 0.15) is 11.7 Å². The van der Waals surface area contributed by atoms with Gasteiger partial charge in [-0.2, -0.15) is 0 Å². The highest BCUT2D eigenvalue weighted by molar-refractivity contribution is 9.10. The average molecular weight is 391 g/mol. The minimum absolute atomic E-state index is 0.285. The molecule has 0 aliphatic rings. The molecule has 0 aliphatic carbocycles. The van der Waals surface area contributed by atoms with Gasteiger partial charge in [-0.25, -0.2) is 0 Å². The molecule has 1 unspecified atom stereocenters. The minimum atomic E-state index is -0.778. The maximum absolute atomic E-state index is 10.3. The lowest BCUT2D eigenvalue weighted by atomic mass is 10.1. The lowest BCUT2D eigenvalue weighted by Gasteiger charge is -2.16. The van der Waals surface area contributed by atoms with E-state index in [4.69, 9.17) is 27.9 Å². The number of rotatable bonds is 5. The highest BCUT2D eigenvalue weighted by Crippen LogP contribution is 2.30. The Morgan fingerprint density at radius 3 is 2.71 bits per heavy atom. The lowest BCUT2D eigenvalue weighted by Crippen LogP contribution is -2.13. The number of hydrogen-bond acceptors (Lipinski definition) is 3. The summed E-state index contributed by atoms with van der Waals surface area (Å²) >= 11 is 15.4. The molecule has 0 aliphatic heterocycles. The summed E-state index contributed by atoms with van der Waals surface area (Å²) in [4.78, 5) is 0. The Morgan fingerprint density at radius 1 is 1.24 bits per heavy atom. The van der Waals surface area contributed by atoms with Crippen molar-refractivity contribution in [3.05, 3.63) is 56.5 Å². The first kappa shape index (κ1) is 16.4. The minimum Gasteiger partial charge on any atom is -0.495 e. The normalized spacial score (nSPS) is 12.0. The van der Waals surface area contributed by atoms with Crippen LogP contribution in [0.2, 0.25) is 10.0 Å². The van der Waals surface area contributed by atoms with E-state index in [-0.39, 0.29) is 6.54 Å². The third kappa shape index (κ3) is 4.27. The fraction of sp³-hybridized carbons (Fsp3) is 0.200. The van der Waals surface area contributed by atoms with Crippen LogP contribution in [0.4, 0.5) is 5.69 Å². The summed E-state index contributed by atoms with van der Waals surface area (Å²) < 4.78 is 6.19. The van der Waals surface area contributed by atoms with E-state index >= 15 is 0 Å². The number of ether oxygens (including phenoxy) is 1. The molecule has 2 N–H and O–H groups in total. The topological polar surface area (TPSA) is 41.5 Å². The van der Waals surface area contributed by atoms with Crippen LogP contribution in [0.5, 0.6) is 5.75 Å². The quantitative estimate of drug-likeness (QED) is 0.761. The first-order valence-corrected chi connectivity index (χ1v) is 7.76. The Balaban J connectivity index is 2.12. The summed E-state index contributed by atoms with van der Waals surface area (Å²) in [5.41, 5.74) is 1.37. The van der Waals surface area contributed by atoms with Crippen molar-refractivity contribution < 1.29 is 9.84 Å². The van der Waals surface area contributed by atoms with Gasteiger partial charge < -0.3 is 15.2 Å². The van der Waals surface area contributed by atoms with Gasteiger partial charge in [0.05, 0.1) is 18.9 Å². The highest BCUT2D eigenvalue weighted by Gasteiger charge is 2.13. The van der Waals surface area contributed by atoms with Crippen LogP contribution >= 0.6 is 39.1 Å². The fourth-order valence-corrected chi connectivity index (χ4v) is 2.69. The SMILES string of the molecule is COc1ccc(Br)cc1NCC(O)c1cc(Cl)ccc1Cl. The van der Waals surface area contributed by atoms with E-state index in [9.17, 15) is 5.11 Å². The van der Waals surface area contributed by atoms with Crippen LogP contribution in [0, 0.1) is 0 Å². The molecule has 0 aromatic heterocycles. The van der Waals surface area contributed by atoms with E-state index in [1.165, 1.54) is 0 Å². The van der Waals surface area contributed by atoms with E-state index < -0.39 is 6.10 Å². The van der Waals surface area contributed by atoms with Gasteiger partial charge in [-0.1, -0.05) is 39.1 Å². The molecule has 112 valence electrons. The molecule has 2 aromatic rings. The smallest absolute Gasteiger partial charge is 0.142 e. The van der Waals surface area contributed by atoms with Crippen LogP contribution in [-0.2, 0) is 0 Å². The van der Waals surface area contributed by atoms with Crippen LogP contribution in [0.25, 0.3) is 0 Å². The van der Waals surface area contributed by atoms with Gasteiger partial charge in [-0.05, 0) is 36.4 Å². The van der Waals surface area contributed by atoms with E-state index in [1.54, 1.807) is 25.3 Å². The number of anilines is 1. The largest absolute Gasteiger partial charge is 0.495 e. The van der Waals surface area contributed by atoms with E-state index in [0.29, 0.717) is 21.4 Å². The second-order valence-corrected chi connectivity index (χ2v) is 6.17. The summed E-state index contributed by atoms with van der Waals surface area (Å²) in [5, 5.41) is 14.4. The van der Waals surface area contributed by atoms with Gasteiger partial charge in [0.15, 0.2) is 0 Å². The number of aliphatic hydroxyl groups is 1. The van der Waals surface area contributed by atoms with Gasteiger partial charge in [-0.15, -0.1) is 0 Å². The van der Waals surface area contributed by atoms with Crippen molar-refractivity contribution in [1.82, 2.24) is 0 Å². The molecule has 0 amide bonds. The van der Waals surface area contributed by atoms with Crippen LogP contribution in [0.3, 0.4) is 0 Å². The number of benzene rings is 2. The zero-order valence-electron chi connectivity index (χ0n) is 11.2. The molecule has 0 heterocycles. The van der Waals surface area contributed by atoms with Crippen molar-refractivity contribution in [1.29, 1.82) is 0 Å². The molecule has 2 aromatic carbocycles. The molecule has 1 atom stereocenters. The Bertz CT molecular complexity index is 637. The standard InChI is InChI=1S/C15H14BrCl2NO2/c1-21-15-5-2-9(16)6-13(15)19-8-14(20)11-7-10(17)3-4-12(11)18/h2-7,14,19-20H,8H2,1H3. The van der Waals surface area contributed by atoms with Crippen molar-refractivity contribution in [2.75, 3.05) is 19.0 Å². The number of halogens is 3. The molecular formula is C15H14BrCl2NO2. The lowest BCUT2D eigenvalue weighted by molar-refractivity contribution is 0.191. The Morgan fingerprint density at radius 2 is 2.00 bits per heavy atom. The molecule has 3 nitrogen and oxygen atoms in total. The average Bonchev–Trinajstić information content (AvgIpc) is 2.47. The number of hydrogen-bond donors (Lipinski definition) is 2. The molecule has 0 radical (unpaired) electrons. The predicted octanol–water partition coefficient (Wildman–Crippen LogP) is 4.91. The van der Waals surface area contributed by atoms with Crippen molar-refractivity contribution in [3.63, 3.8) is 0 Å². The van der Waals surface area contributed by atoms with Crippen LogP contribution in [-0.4, -0.2) is 18.8 Å². The first-order chi connectivity index (χ1) is 10.0. The number of methoxy groups -OCH3 is 1. The maximum Gasteiger partial charge on any atom is 0.142 e. The van der Waals surface area contributed by atoms with Gasteiger partial charge in [0.25, 0.3) is 0 Å². The second-order valence-electron chi connectivity index (χ2n) is 4.41. The first-order valence-electron chi connectivity index (χ1n) is 6.21. The number of aliphatic hydroxyl groups excluding tert-OH is 1. The second kappa shape index (κ2) is 7.36. The Kier molecular flexibility index (Phi) is 5.76. The fourth-order valence-electron chi connectivity index (χ4n) is 1.90. The van der Waals surface area contributed by atoms with Gasteiger partial charge in [0.2, 0.25) is 0 Å². The van der Waals surface area contributed by atoms with Gasteiger partial charge in [0, 0.05) is 26.6 Å². The molecule has 0 saturated carbocycles. The summed E-state index contributed by atoms with van der Waals surface area (Å²) in [5.74, 6) is 0.697. The maximum atomic E-state index is 10.3. The van der Waals surface area contributed by atoms with Crippen molar-refractivity contribution in [2.45, 2.75) is 6.10 Å². The van der Waals surface area contributed by atoms with Crippen molar-refractivity contribution >= 4 is 44.8 Å². The number of nitrogens with one attached hydrogen (secondary N) is 1. The summed E-state index contributed by atoms with van der Waals surface area (Å²) in [6.07, 6.45) is -0.778. The molecule has 0 spiro atoms. The zero-order valence-corrected chi connectivity index (χ0v) is 14.3. The molecule has 21 heavy (non-hydrogen) atoms. The molecule has 0 fully saturated rings. The van der Waals surface area contributed by atoms with Crippen molar-refractivity contribution in [2.24, 2.45) is 0 Å². The molecule has 2 rings (SSSR count). The van der Waals surface area contributed by atoms with Crippen molar-refractivity contribution in [3.8, 4) is 5.75 Å². The monoisotopic (exact) mass is 389 g/mol. The van der Waals surface area contributed by atoms with E-state index in [2.05, 4.69) is 21.2 Å². The Labute approximate surface area is 142 Å². The van der Waals surface area contributed by atoms with Crippen LogP contribution < -0.4 is 10.1 Å². The van der Waals surface area contributed by atoms with E-state index in [0.717, 1.165) is 10.2 Å². The third-order valence-corrected chi connectivity index (χ3v) is 4.04. The van der Waals surface area contributed by atoms with Gasteiger partial charge >= 0.3 is 0 Å². The highest BCUT2D eigenvalue weighted by atomic mass is 79.9. The molecule has 6 heteroatoms. The third-order valence-electron chi connectivity index (χ3n) is 2.96. The summed E-state index contributed by atoms with van der Waals surface area (Å²) in [6.45, 7) is 0.285. The Hall–Kier alpha value is -0.940. The molecular weight excluding hydrogens is 377 g/mol. The summed E-state index contributed by atoms with van der Waals surface area (Å²) in [6, 6.07) is 10.6. The van der Waals surface area contributed by atoms with Gasteiger partial charge in [0.1, 0.15) is 5.75 Å². The van der Waals surface area contributed by atoms with Gasteiger partial charge in [-0.3, -0.25) is 0 Å². The van der Waals surface area contributed by atoms with Crippen LogP contribution in [0.15, 0.2) is 40.9 Å². The molecule has 0 saturated heterocycles. The van der Waals surface area contributed by atoms with E-state index in [1.807, 2.05) is 18.2 Å². The zero-order chi connectivity index (χ0) is 15.4. The predicted molar refractivity (Wildman–Crippen MR) is 90.6 cm³/mol.